The highest BCUT2D eigenvalue weighted by Crippen LogP contribution is 2.14. The highest BCUT2D eigenvalue weighted by atomic mass is 32.2. The second-order valence-corrected chi connectivity index (χ2v) is 5.59. The van der Waals surface area contributed by atoms with Gasteiger partial charge in [0, 0.05) is 19.2 Å². The molecule has 19 heavy (non-hydrogen) atoms. The molecule has 104 valence electrons. The Bertz CT molecular complexity index is 584. The molecule has 0 unspecified atom stereocenters. The predicted octanol–water partition coefficient (Wildman–Crippen LogP) is 0.264. The normalized spacial score (nSPS) is 10.9. The Morgan fingerprint density at radius 1 is 1.42 bits per heavy atom. The number of hydrogen-bond acceptors (Lipinski definition) is 4. The van der Waals surface area contributed by atoms with E-state index in [4.69, 9.17) is 9.84 Å². The highest BCUT2D eigenvalue weighted by molar-refractivity contribution is 7.89. The van der Waals surface area contributed by atoms with Crippen molar-refractivity contribution < 1.29 is 18.3 Å². The Labute approximate surface area is 113 Å². The van der Waals surface area contributed by atoms with Gasteiger partial charge in [0.1, 0.15) is 6.61 Å². The Balaban J connectivity index is 2.94. The SMILES string of the molecule is COCCNS(=O)(=O)c1ccc(C#CCO)c(C)c1. The number of aliphatic hydroxyl groups excluding tert-OH is 1. The molecule has 1 rings (SSSR count). The lowest BCUT2D eigenvalue weighted by molar-refractivity contribution is 0.204. The van der Waals surface area contributed by atoms with Gasteiger partial charge in [-0.1, -0.05) is 11.8 Å². The first-order chi connectivity index (χ1) is 9.01. The van der Waals surface area contributed by atoms with E-state index in [9.17, 15) is 8.42 Å². The van der Waals surface area contributed by atoms with Crippen molar-refractivity contribution in [2.24, 2.45) is 0 Å². The van der Waals surface area contributed by atoms with Crippen LogP contribution in [0, 0.1) is 18.8 Å². The van der Waals surface area contributed by atoms with E-state index in [1.807, 2.05) is 0 Å². The first kappa shape index (κ1) is 15.7. The first-order valence-corrected chi connectivity index (χ1v) is 7.18. The quantitative estimate of drug-likeness (QED) is 0.600. The number of ether oxygens (including phenoxy) is 1. The van der Waals surface area contributed by atoms with Gasteiger partial charge in [-0.2, -0.15) is 0 Å². The molecule has 0 fully saturated rings. The minimum atomic E-state index is -3.52. The average Bonchev–Trinajstić information content (AvgIpc) is 2.37. The van der Waals surface area contributed by atoms with Crippen molar-refractivity contribution in [1.29, 1.82) is 0 Å². The van der Waals surface area contributed by atoms with Crippen LogP contribution in [0.15, 0.2) is 23.1 Å². The molecule has 0 aliphatic rings. The maximum atomic E-state index is 11.9. The van der Waals surface area contributed by atoms with Crippen molar-refractivity contribution in [2.45, 2.75) is 11.8 Å². The smallest absolute Gasteiger partial charge is 0.240 e. The van der Waals surface area contributed by atoms with Crippen LogP contribution >= 0.6 is 0 Å². The van der Waals surface area contributed by atoms with Crippen LogP contribution < -0.4 is 4.72 Å². The number of sulfonamides is 1. The number of aryl methyl sites for hydroxylation is 1. The lowest BCUT2D eigenvalue weighted by Gasteiger charge is -2.07. The Morgan fingerprint density at radius 2 is 2.16 bits per heavy atom. The minimum absolute atomic E-state index is 0.190. The van der Waals surface area contributed by atoms with E-state index < -0.39 is 10.0 Å². The highest BCUT2D eigenvalue weighted by Gasteiger charge is 2.13. The molecule has 0 bridgehead atoms. The van der Waals surface area contributed by atoms with E-state index in [1.54, 1.807) is 19.1 Å². The molecule has 0 atom stereocenters. The van der Waals surface area contributed by atoms with Crippen molar-refractivity contribution in [2.75, 3.05) is 26.9 Å². The molecule has 0 aliphatic carbocycles. The van der Waals surface area contributed by atoms with Gasteiger partial charge in [0.2, 0.25) is 10.0 Å². The van der Waals surface area contributed by atoms with Gasteiger partial charge in [0.15, 0.2) is 0 Å². The summed E-state index contributed by atoms with van der Waals surface area (Å²) in [4.78, 5) is 0.190. The molecule has 5 nitrogen and oxygen atoms in total. The number of aliphatic hydroxyl groups is 1. The molecule has 0 saturated carbocycles. The largest absolute Gasteiger partial charge is 0.384 e. The fourth-order valence-electron chi connectivity index (χ4n) is 1.44. The zero-order valence-corrected chi connectivity index (χ0v) is 11.8. The third-order valence-corrected chi connectivity index (χ3v) is 3.87. The molecular formula is C13H17NO4S. The van der Waals surface area contributed by atoms with Crippen molar-refractivity contribution in [3.05, 3.63) is 29.3 Å². The molecule has 0 heterocycles. The van der Waals surface area contributed by atoms with Crippen molar-refractivity contribution in [3.63, 3.8) is 0 Å². The zero-order valence-electron chi connectivity index (χ0n) is 10.9. The van der Waals surface area contributed by atoms with Gasteiger partial charge in [-0.25, -0.2) is 13.1 Å². The Kier molecular flexibility index (Phi) is 5.99. The second kappa shape index (κ2) is 7.26. The Hall–Kier alpha value is -1.39. The van der Waals surface area contributed by atoms with Gasteiger partial charge in [-0.15, -0.1) is 0 Å². The minimum Gasteiger partial charge on any atom is -0.384 e. The maximum Gasteiger partial charge on any atom is 0.240 e. The van der Waals surface area contributed by atoms with E-state index in [2.05, 4.69) is 16.6 Å². The van der Waals surface area contributed by atoms with Crippen LogP contribution in [0.3, 0.4) is 0 Å². The summed E-state index contributed by atoms with van der Waals surface area (Å²) in [7, 11) is -2.01. The molecular weight excluding hydrogens is 266 g/mol. The molecule has 0 spiro atoms. The molecule has 0 aliphatic heterocycles. The van der Waals surface area contributed by atoms with E-state index in [0.29, 0.717) is 12.2 Å². The topological polar surface area (TPSA) is 75.6 Å². The zero-order chi connectivity index (χ0) is 14.3. The van der Waals surface area contributed by atoms with E-state index in [1.165, 1.54) is 13.2 Å². The molecule has 1 aromatic rings. The molecule has 0 radical (unpaired) electrons. The molecule has 0 aromatic heterocycles. The molecule has 0 saturated heterocycles. The van der Waals surface area contributed by atoms with E-state index >= 15 is 0 Å². The third-order valence-electron chi connectivity index (χ3n) is 2.41. The van der Waals surface area contributed by atoms with Gasteiger partial charge in [-0.05, 0) is 30.7 Å². The molecule has 2 N–H and O–H groups in total. The van der Waals surface area contributed by atoms with Gasteiger partial charge in [0.05, 0.1) is 11.5 Å². The summed E-state index contributed by atoms with van der Waals surface area (Å²) in [6.45, 7) is 2.09. The number of methoxy groups -OCH3 is 1. The van der Waals surface area contributed by atoms with Crippen LogP contribution in [0.4, 0.5) is 0 Å². The summed E-state index contributed by atoms with van der Waals surface area (Å²) < 4.78 is 31.1. The van der Waals surface area contributed by atoms with Crippen LogP contribution in [0.5, 0.6) is 0 Å². The summed E-state index contributed by atoms with van der Waals surface area (Å²) in [5, 5.41) is 8.63. The maximum absolute atomic E-state index is 11.9. The van der Waals surface area contributed by atoms with Gasteiger partial charge >= 0.3 is 0 Å². The molecule has 6 heteroatoms. The van der Waals surface area contributed by atoms with E-state index in [0.717, 1.165) is 5.56 Å². The van der Waals surface area contributed by atoms with Crippen LogP contribution in [0.1, 0.15) is 11.1 Å². The summed E-state index contributed by atoms with van der Waals surface area (Å²) in [5.41, 5.74) is 1.44. The van der Waals surface area contributed by atoms with Gasteiger partial charge in [0.25, 0.3) is 0 Å². The lowest BCUT2D eigenvalue weighted by Crippen LogP contribution is -2.27. The Morgan fingerprint density at radius 3 is 2.74 bits per heavy atom. The fraction of sp³-hybridized carbons (Fsp3) is 0.385. The first-order valence-electron chi connectivity index (χ1n) is 5.70. The van der Waals surface area contributed by atoms with Crippen LogP contribution in [0.25, 0.3) is 0 Å². The van der Waals surface area contributed by atoms with Crippen LogP contribution in [0.2, 0.25) is 0 Å². The second-order valence-electron chi connectivity index (χ2n) is 3.83. The number of nitrogens with one attached hydrogen (secondary N) is 1. The lowest BCUT2D eigenvalue weighted by atomic mass is 10.1. The van der Waals surface area contributed by atoms with Gasteiger partial charge in [-0.3, -0.25) is 0 Å². The summed E-state index contributed by atoms with van der Waals surface area (Å²) in [6, 6.07) is 4.67. The predicted molar refractivity (Wildman–Crippen MR) is 72.2 cm³/mol. The summed E-state index contributed by atoms with van der Waals surface area (Å²) in [6.07, 6.45) is 0. The molecule has 0 amide bonds. The number of benzene rings is 1. The van der Waals surface area contributed by atoms with Crippen molar-refractivity contribution in [1.82, 2.24) is 4.72 Å². The number of hydrogen-bond donors (Lipinski definition) is 2. The standard InChI is InChI=1S/C13H17NO4S/c1-11-10-13(6-5-12(11)4-3-8-15)19(16,17)14-7-9-18-2/h5-6,10,14-15H,7-9H2,1-2H3. The van der Waals surface area contributed by atoms with Crippen LogP contribution in [-0.2, 0) is 14.8 Å². The summed E-state index contributed by atoms with van der Waals surface area (Å²) in [5.74, 6) is 5.29. The molecule has 1 aromatic carbocycles. The fourth-order valence-corrected chi connectivity index (χ4v) is 2.54. The third kappa shape index (κ3) is 4.65. The number of rotatable bonds is 5. The van der Waals surface area contributed by atoms with Gasteiger partial charge < -0.3 is 9.84 Å². The monoisotopic (exact) mass is 283 g/mol. The van der Waals surface area contributed by atoms with Crippen molar-refractivity contribution in [3.8, 4) is 11.8 Å². The van der Waals surface area contributed by atoms with E-state index in [-0.39, 0.29) is 18.0 Å². The van der Waals surface area contributed by atoms with Crippen LogP contribution in [-0.4, -0.2) is 40.4 Å². The van der Waals surface area contributed by atoms with Crippen molar-refractivity contribution >= 4 is 10.0 Å². The summed E-state index contributed by atoms with van der Waals surface area (Å²) >= 11 is 0. The average molecular weight is 283 g/mol.